The van der Waals surface area contributed by atoms with Crippen LogP contribution < -0.4 is 11.1 Å². The second-order valence-corrected chi connectivity index (χ2v) is 3.73. The van der Waals surface area contributed by atoms with Crippen LogP contribution in [0, 0.1) is 0 Å². The van der Waals surface area contributed by atoms with E-state index in [1.54, 1.807) is 42.7 Å². The molecule has 0 bridgehead atoms. The molecule has 0 aliphatic carbocycles. The molecule has 1 amide bonds. The standard InChI is InChI=1S/C14H13N3O/c15-12-4-1-3-11(9-12)6-7-14(18)17-13-5-2-8-16-10-13/h1-10H,15H2,(H,17,18)/b7-6+. The highest BCUT2D eigenvalue weighted by molar-refractivity contribution is 6.01. The number of pyridine rings is 1. The summed E-state index contributed by atoms with van der Waals surface area (Å²) >= 11 is 0. The molecule has 0 fully saturated rings. The number of amides is 1. The highest BCUT2D eigenvalue weighted by Gasteiger charge is 1.96. The second kappa shape index (κ2) is 5.63. The molecule has 0 spiro atoms. The van der Waals surface area contributed by atoms with Crippen LogP contribution in [-0.4, -0.2) is 10.9 Å². The van der Waals surface area contributed by atoms with Crippen molar-refractivity contribution in [3.8, 4) is 0 Å². The van der Waals surface area contributed by atoms with E-state index in [2.05, 4.69) is 10.3 Å². The molecule has 0 aliphatic rings. The normalized spacial score (nSPS) is 10.4. The Morgan fingerprint density at radius 1 is 1.28 bits per heavy atom. The van der Waals surface area contributed by atoms with E-state index in [4.69, 9.17) is 5.73 Å². The van der Waals surface area contributed by atoms with Gasteiger partial charge in [-0.05, 0) is 35.9 Å². The van der Waals surface area contributed by atoms with Gasteiger partial charge in [-0.3, -0.25) is 9.78 Å². The number of hydrogen-bond acceptors (Lipinski definition) is 3. The zero-order chi connectivity index (χ0) is 12.8. The Kier molecular flexibility index (Phi) is 3.71. The molecule has 4 heteroatoms. The Morgan fingerprint density at radius 2 is 2.17 bits per heavy atom. The summed E-state index contributed by atoms with van der Waals surface area (Å²) in [7, 11) is 0. The molecule has 1 aromatic carbocycles. The summed E-state index contributed by atoms with van der Waals surface area (Å²) in [4.78, 5) is 15.5. The molecule has 18 heavy (non-hydrogen) atoms. The van der Waals surface area contributed by atoms with E-state index in [0.29, 0.717) is 11.4 Å². The second-order valence-electron chi connectivity index (χ2n) is 3.73. The largest absolute Gasteiger partial charge is 0.399 e. The van der Waals surface area contributed by atoms with Crippen molar-refractivity contribution in [3.05, 3.63) is 60.4 Å². The minimum absolute atomic E-state index is 0.203. The third-order valence-electron chi connectivity index (χ3n) is 2.27. The van der Waals surface area contributed by atoms with E-state index in [1.807, 2.05) is 12.1 Å². The van der Waals surface area contributed by atoms with Crippen LogP contribution in [0.3, 0.4) is 0 Å². The van der Waals surface area contributed by atoms with Crippen molar-refractivity contribution in [2.45, 2.75) is 0 Å². The molecule has 0 saturated carbocycles. The average Bonchev–Trinajstić information content (AvgIpc) is 2.38. The molecule has 3 N–H and O–H groups in total. The van der Waals surface area contributed by atoms with Crippen molar-refractivity contribution >= 4 is 23.4 Å². The lowest BCUT2D eigenvalue weighted by Gasteiger charge is -2.00. The van der Waals surface area contributed by atoms with Crippen LogP contribution in [0.5, 0.6) is 0 Å². The number of carbonyl (C=O) groups excluding carboxylic acids is 1. The summed E-state index contributed by atoms with van der Waals surface area (Å²) in [5.74, 6) is -0.203. The van der Waals surface area contributed by atoms with Gasteiger partial charge in [0.2, 0.25) is 5.91 Å². The molecule has 90 valence electrons. The third kappa shape index (κ3) is 3.45. The SMILES string of the molecule is Nc1cccc(/C=C/C(=O)Nc2cccnc2)c1. The van der Waals surface area contributed by atoms with Crippen molar-refractivity contribution in [2.75, 3.05) is 11.1 Å². The molecule has 2 aromatic rings. The van der Waals surface area contributed by atoms with E-state index < -0.39 is 0 Å². The van der Waals surface area contributed by atoms with Gasteiger partial charge in [0, 0.05) is 18.0 Å². The van der Waals surface area contributed by atoms with E-state index in [9.17, 15) is 4.79 Å². The lowest BCUT2D eigenvalue weighted by molar-refractivity contribution is -0.111. The predicted octanol–water partition coefficient (Wildman–Crippen LogP) is 2.32. The summed E-state index contributed by atoms with van der Waals surface area (Å²) in [6.45, 7) is 0. The summed E-state index contributed by atoms with van der Waals surface area (Å²) < 4.78 is 0. The van der Waals surface area contributed by atoms with Crippen molar-refractivity contribution in [1.29, 1.82) is 0 Å². The zero-order valence-electron chi connectivity index (χ0n) is 9.71. The van der Waals surface area contributed by atoms with Gasteiger partial charge in [0.05, 0.1) is 11.9 Å². The molecule has 0 radical (unpaired) electrons. The molecule has 4 nitrogen and oxygen atoms in total. The van der Waals surface area contributed by atoms with Crippen LogP contribution >= 0.6 is 0 Å². The predicted molar refractivity (Wildman–Crippen MR) is 72.8 cm³/mol. The fourth-order valence-electron chi connectivity index (χ4n) is 1.46. The Balaban J connectivity index is 1.99. The Hall–Kier alpha value is -2.62. The number of nitrogens with two attached hydrogens (primary N) is 1. The molecule has 1 aromatic heterocycles. The number of anilines is 2. The van der Waals surface area contributed by atoms with Crippen LogP contribution in [0.2, 0.25) is 0 Å². The maximum atomic E-state index is 11.6. The molecule has 0 atom stereocenters. The zero-order valence-corrected chi connectivity index (χ0v) is 9.71. The smallest absolute Gasteiger partial charge is 0.248 e. The van der Waals surface area contributed by atoms with Gasteiger partial charge in [0.25, 0.3) is 0 Å². The Labute approximate surface area is 105 Å². The minimum atomic E-state index is -0.203. The average molecular weight is 239 g/mol. The molecule has 0 unspecified atom stereocenters. The van der Waals surface area contributed by atoms with Crippen LogP contribution in [0.1, 0.15) is 5.56 Å². The summed E-state index contributed by atoms with van der Waals surface area (Å²) in [6, 6.07) is 10.9. The van der Waals surface area contributed by atoms with Crippen LogP contribution in [0.25, 0.3) is 6.08 Å². The van der Waals surface area contributed by atoms with Crippen LogP contribution in [0.4, 0.5) is 11.4 Å². The number of benzene rings is 1. The van der Waals surface area contributed by atoms with Gasteiger partial charge in [0.15, 0.2) is 0 Å². The fourth-order valence-corrected chi connectivity index (χ4v) is 1.46. The summed E-state index contributed by atoms with van der Waals surface area (Å²) in [5.41, 5.74) is 7.87. The molecular weight excluding hydrogens is 226 g/mol. The lowest BCUT2D eigenvalue weighted by Crippen LogP contribution is -2.07. The highest BCUT2D eigenvalue weighted by Crippen LogP contribution is 2.08. The first kappa shape index (κ1) is 11.9. The van der Waals surface area contributed by atoms with E-state index in [1.165, 1.54) is 6.08 Å². The maximum Gasteiger partial charge on any atom is 0.248 e. The van der Waals surface area contributed by atoms with E-state index in [-0.39, 0.29) is 5.91 Å². The van der Waals surface area contributed by atoms with Crippen molar-refractivity contribution in [1.82, 2.24) is 4.98 Å². The van der Waals surface area contributed by atoms with Crippen molar-refractivity contribution in [2.24, 2.45) is 0 Å². The van der Waals surface area contributed by atoms with Crippen LogP contribution in [0.15, 0.2) is 54.9 Å². The molecular formula is C14H13N3O. The number of aromatic nitrogens is 1. The van der Waals surface area contributed by atoms with Crippen molar-refractivity contribution in [3.63, 3.8) is 0 Å². The minimum Gasteiger partial charge on any atom is -0.399 e. The number of hydrogen-bond donors (Lipinski definition) is 2. The maximum absolute atomic E-state index is 11.6. The van der Waals surface area contributed by atoms with Gasteiger partial charge in [-0.2, -0.15) is 0 Å². The molecule has 1 heterocycles. The number of rotatable bonds is 3. The van der Waals surface area contributed by atoms with E-state index in [0.717, 1.165) is 5.56 Å². The quantitative estimate of drug-likeness (QED) is 0.638. The van der Waals surface area contributed by atoms with Crippen molar-refractivity contribution < 1.29 is 4.79 Å². The summed E-state index contributed by atoms with van der Waals surface area (Å²) in [5, 5.41) is 2.71. The van der Waals surface area contributed by atoms with Gasteiger partial charge < -0.3 is 11.1 Å². The highest BCUT2D eigenvalue weighted by atomic mass is 16.1. The Bertz CT molecular complexity index is 564. The monoisotopic (exact) mass is 239 g/mol. The molecule has 2 rings (SSSR count). The van der Waals surface area contributed by atoms with E-state index >= 15 is 0 Å². The van der Waals surface area contributed by atoms with Gasteiger partial charge in [-0.1, -0.05) is 12.1 Å². The topological polar surface area (TPSA) is 68.0 Å². The Morgan fingerprint density at radius 3 is 2.89 bits per heavy atom. The fraction of sp³-hybridized carbons (Fsp3) is 0. The first-order valence-electron chi connectivity index (χ1n) is 5.49. The van der Waals surface area contributed by atoms with Crippen LogP contribution in [-0.2, 0) is 4.79 Å². The van der Waals surface area contributed by atoms with Gasteiger partial charge in [0.1, 0.15) is 0 Å². The van der Waals surface area contributed by atoms with Gasteiger partial charge in [-0.25, -0.2) is 0 Å². The first-order valence-corrected chi connectivity index (χ1v) is 5.49. The third-order valence-corrected chi connectivity index (χ3v) is 2.27. The molecule has 0 saturated heterocycles. The van der Waals surface area contributed by atoms with Gasteiger partial charge in [-0.15, -0.1) is 0 Å². The van der Waals surface area contributed by atoms with Gasteiger partial charge >= 0.3 is 0 Å². The number of carbonyl (C=O) groups is 1. The number of nitrogens with zero attached hydrogens (tertiary/aromatic N) is 1. The summed E-state index contributed by atoms with van der Waals surface area (Å²) in [6.07, 6.45) is 6.41. The number of nitrogens with one attached hydrogen (secondary N) is 1. The molecule has 0 aliphatic heterocycles. The lowest BCUT2D eigenvalue weighted by atomic mass is 10.2. The first-order chi connectivity index (χ1) is 8.74. The number of nitrogen functional groups attached to an aromatic ring is 1.